The zero-order valence-corrected chi connectivity index (χ0v) is 17.2. The lowest BCUT2D eigenvalue weighted by Gasteiger charge is -2.22. The van der Waals surface area contributed by atoms with Crippen LogP contribution >= 0.6 is 11.3 Å². The summed E-state index contributed by atoms with van der Waals surface area (Å²) in [7, 11) is 0. The van der Waals surface area contributed by atoms with Crippen LogP contribution in [0.25, 0.3) is 0 Å². The van der Waals surface area contributed by atoms with Crippen molar-refractivity contribution in [1.29, 1.82) is 0 Å². The molecule has 0 aliphatic carbocycles. The Morgan fingerprint density at radius 1 is 1.07 bits per heavy atom. The quantitative estimate of drug-likeness (QED) is 0.577. The summed E-state index contributed by atoms with van der Waals surface area (Å²) in [6.45, 7) is 5.11. The molecule has 0 aliphatic heterocycles. The van der Waals surface area contributed by atoms with Crippen LogP contribution in [0.3, 0.4) is 0 Å². The molecule has 1 aromatic heterocycles. The molecule has 0 saturated carbocycles. The van der Waals surface area contributed by atoms with E-state index in [1.54, 1.807) is 35.7 Å². The fourth-order valence-electron chi connectivity index (χ4n) is 2.90. The van der Waals surface area contributed by atoms with Gasteiger partial charge in [-0.3, -0.25) is 9.69 Å². The first kappa shape index (κ1) is 21.1. The summed E-state index contributed by atoms with van der Waals surface area (Å²) in [6.07, 6.45) is 0. The molecule has 0 saturated heterocycles. The number of rotatable bonds is 8. The molecule has 1 heterocycles. The molecule has 0 atom stereocenters. The molecule has 0 unspecified atom stereocenters. The number of hydrogen-bond donors (Lipinski definition) is 1. The van der Waals surface area contributed by atoms with Crippen molar-refractivity contribution < 1.29 is 13.6 Å². The topological polar surface area (TPSA) is 45.2 Å². The van der Waals surface area contributed by atoms with Crippen LogP contribution in [-0.2, 0) is 19.6 Å². The van der Waals surface area contributed by atoms with Crippen LogP contribution in [0, 0.1) is 11.6 Å². The molecule has 152 valence electrons. The molecule has 1 N–H and O–H groups in total. The predicted molar refractivity (Wildman–Crippen MR) is 110 cm³/mol. The van der Waals surface area contributed by atoms with Gasteiger partial charge in [0.25, 0.3) is 5.91 Å². The van der Waals surface area contributed by atoms with Gasteiger partial charge in [0.15, 0.2) is 0 Å². The van der Waals surface area contributed by atoms with E-state index in [4.69, 9.17) is 0 Å². The van der Waals surface area contributed by atoms with Crippen LogP contribution in [0.5, 0.6) is 0 Å². The standard InChI is InChI=1S/C22H23F2N3OS/c1-15(2)25-22(28)20-14-29-21(26-20)13-27(11-16-7-9-18(23)10-8-16)12-17-5-3-4-6-19(17)24/h3-10,14-15H,11-13H2,1-2H3,(H,25,28). The first-order chi connectivity index (χ1) is 13.9. The van der Waals surface area contributed by atoms with Crippen molar-refractivity contribution in [3.8, 4) is 0 Å². The van der Waals surface area contributed by atoms with E-state index in [1.165, 1.54) is 29.5 Å². The number of halogens is 2. The second kappa shape index (κ2) is 9.71. The van der Waals surface area contributed by atoms with Crippen molar-refractivity contribution in [3.63, 3.8) is 0 Å². The smallest absolute Gasteiger partial charge is 0.270 e. The number of carbonyl (C=O) groups is 1. The van der Waals surface area contributed by atoms with E-state index in [0.717, 1.165) is 10.6 Å². The maximum Gasteiger partial charge on any atom is 0.270 e. The fourth-order valence-corrected chi connectivity index (χ4v) is 3.71. The zero-order valence-electron chi connectivity index (χ0n) is 16.4. The minimum atomic E-state index is -0.296. The predicted octanol–water partition coefficient (Wildman–Crippen LogP) is 4.76. The highest BCUT2D eigenvalue weighted by molar-refractivity contribution is 7.09. The van der Waals surface area contributed by atoms with Crippen molar-refractivity contribution in [1.82, 2.24) is 15.2 Å². The summed E-state index contributed by atoms with van der Waals surface area (Å²) in [5, 5.41) is 5.31. The van der Waals surface area contributed by atoms with E-state index in [1.807, 2.05) is 18.7 Å². The number of hydrogen-bond acceptors (Lipinski definition) is 4. The Kier molecular flexibility index (Phi) is 7.06. The molecule has 0 bridgehead atoms. The van der Waals surface area contributed by atoms with E-state index in [0.29, 0.717) is 30.9 Å². The second-order valence-corrected chi connectivity index (χ2v) is 8.06. The molecule has 3 rings (SSSR count). The van der Waals surface area contributed by atoms with Crippen LogP contribution in [0.1, 0.15) is 40.5 Å². The molecule has 29 heavy (non-hydrogen) atoms. The number of nitrogens with zero attached hydrogens (tertiary/aromatic N) is 2. The van der Waals surface area contributed by atoms with E-state index in [9.17, 15) is 13.6 Å². The van der Waals surface area contributed by atoms with Gasteiger partial charge in [0.1, 0.15) is 22.3 Å². The summed E-state index contributed by atoms with van der Waals surface area (Å²) in [6, 6.07) is 12.9. The minimum absolute atomic E-state index is 0.0312. The highest BCUT2D eigenvalue weighted by Crippen LogP contribution is 2.19. The zero-order chi connectivity index (χ0) is 20.8. The Morgan fingerprint density at radius 3 is 2.48 bits per heavy atom. The third-order valence-electron chi connectivity index (χ3n) is 4.23. The molecule has 2 aromatic carbocycles. The average molecular weight is 416 g/mol. The molecular weight excluding hydrogens is 392 g/mol. The van der Waals surface area contributed by atoms with Crippen LogP contribution in [0.15, 0.2) is 53.9 Å². The Hall–Kier alpha value is -2.64. The lowest BCUT2D eigenvalue weighted by atomic mass is 10.1. The number of amides is 1. The van der Waals surface area contributed by atoms with Crippen LogP contribution < -0.4 is 5.32 Å². The lowest BCUT2D eigenvalue weighted by molar-refractivity contribution is 0.0938. The molecule has 4 nitrogen and oxygen atoms in total. The summed E-state index contributed by atoms with van der Waals surface area (Å²) >= 11 is 1.39. The molecular formula is C22H23F2N3OS. The number of thiazole rings is 1. The molecule has 0 fully saturated rings. The molecule has 0 radical (unpaired) electrons. The number of benzene rings is 2. The van der Waals surface area contributed by atoms with Gasteiger partial charge in [-0.25, -0.2) is 13.8 Å². The third kappa shape index (κ3) is 6.17. The first-order valence-electron chi connectivity index (χ1n) is 9.36. The molecule has 3 aromatic rings. The van der Waals surface area contributed by atoms with Crippen LogP contribution in [-0.4, -0.2) is 21.8 Å². The van der Waals surface area contributed by atoms with Crippen molar-refractivity contribution in [2.45, 2.75) is 39.5 Å². The number of aromatic nitrogens is 1. The van der Waals surface area contributed by atoms with Gasteiger partial charge in [0.05, 0.1) is 6.54 Å². The highest BCUT2D eigenvalue weighted by atomic mass is 32.1. The first-order valence-corrected chi connectivity index (χ1v) is 10.2. The third-order valence-corrected chi connectivity index (χ3v) is 5.07. The fraction of sp³-hybridized carbons (Fsp3) is 0.273. The molecule has 7 heteroatoms. The second-order valence-electron chi connectivity index (χ2n) is 7.12. The maximum absolute atomic E-state index is 14.2. The van der Waals surface area contributed by atoms with Crippen molar-refractivity contribution in [2.75, 3.05) is 0 Å². The van der Waals surface area contributed by atoms with Gasteiger partial charge in [0.2, 0.25) is 0 Å². The summed E-state index contributed by atoms with van der Waals surface area (Å²) in [5.74, 6) is -0.774. The Labute approximate surface area is 173 Å². The molecule has 0 aliphatic rings. The maximum atomic E-state index is 14.2. The van der Waals surface area contributed by atoms with Gasteiger partial charge in [-0.1, -0.05) is 30.3 Å². The SMILES string of the molecule is CC(C)NC(=O)c1csc(CN(Cc2ccc(F)cc2)Cc2ccccc2F)n1. The van der Waals surface area contributed by atoms with E-state index in [2.05, 4.69) is 10.3 Å². The van der Waals surface area contributed by atoms with Crippen molar-refractivity contribution in [3.05, 3.63) is 87.4 Å². The number of nitrogens with one attached hydrogen (secondary N) is 1. The highest BCUT2D eigenvalue weighted by Gasteiger charge is 2.16. The van der Waals surface area contributed by atoms with Gasteiger partial charge < -0.3 is 5.32 Å². The summed E-state index contributed by atoms with van der Waals surface area (Å²) in [4.78, 5) is 18.6. The van der Waals surface area contributed by atoms with Gasteiger partial charge in [-0.05, 0) is 37.6 Å². The van der Waals surface area contributed by atoms with Gasteiger partial charge in [0, 0.05) is 30.1 Å². The summed E-state index contributed by atoms with van der Waals surface area (Å²) in [5.41, 5.74) is 1.87. The van der Waals surface area contributed by atoms with Gasteiger partial charge >= 0.3 is 0 Å². The Bertz CT molecular complexity index is 957. The average Bonchev–Trinajstić information content (AvgIpc) is 3.13. The Balaban J connectivity index is 1.77. The van der Waals surface area contributed by atoms with Crippen molar-refractivity contribution in [2.24, 2.45) is 0 Å². The number of carbonyl (C=O) groups excluding carboxylic acids is 1. The van der Waals surface area contributed by atoms with E-state index >= 15 is 0 Å². The Morgan fingerprint density at radius 2 is 1.79 bits per heavy atom. The molecule has 1 amide bonds. The van der Waals surface area contributed by atoms with Crippen LogP contribution in [0.4, 0.5) is 8.78 Å². The largest absolute Gasteiger partial charge is 0.349 e. The van der Waals surface area contributed by atoms with Crippen molar-refractivity contribution >= 4 is 17.2 Å². The summed E-state index contributed by atoms with van der Waals surface area (Å²) < 4.78 is 27.4. The van der Waals surface area contributed by atoms with Gasteiger partial charge in [-0.2, -0.15) is 0 Å². The normalized spacial score (nSPS) is 11.2. The van der Waals surface area contributed by atoms with E-state index < -0.39 is 0 Å². The monoisotopic (exact) mass is 415 g/mol. The lowest BCUT2D eigenvalue weighted by Crippen LogP contribution is -2.30. The minimum Gasteiger partial charge on any atom is -0.349 e. The van der Waals surface area contributed by atoms with E-state index in [-0.39, 0.29) is 23.6 Å². The van der Waals surface area contributed by atoms with Gasteiger partial charge in [-0.15, -0.1) is 11.3 Å². The molecule has 0 spiro atoms. The van der Waals surface area contributed by atoms with Crippen LogP contribution in [0.2, 0.25) is 0 Å².